The quantitative estimate of drug-likeness (QED) is 0.699. The Labute approximate surface area is 101 Å². The topological polar surface area (TPSA) is 24.5 Å². The summed E-state index contributed by atoms with van der Waals surface area (Å²) in [6, 6.07) is 0. The summed E-state index contributed by atoms with van der Waals surface area (Å²) < 4.78 is 5.52. The SMILES string of the molecule is COC1CN(CCNCC(C)C)CCC1C. The van der Waals surface area contributed by atoms with Crippen LogP contribution < -0.4 is 5.32 Å². The molecule has 0 aromatic rings. The predicted molar refractivity (Wildman–Crippen MR) is 68.7 cm³/mol. The Morgan fingerprint density at radius 2 is 2.19 bits per heavy atom. The molecule has 3 heteroatoms. The van der Waals surface area contributed by atoms with Gasteiger partial charge in [0.05, 0.1) is 6.10 Å². The highest BCUT2D eigenvalue weighted by atomic mass is 16.5. The fourth-order valence-corrected chi connectivity index (χ4v) is 2.24. The van der Waals surface area contributed by atoms with Crippen molar-refractivity contribution in [2.24, 2.45) is 11.8 Å². The number of hydrogen-bond acceptors (Lipinski definition) is 3. The third-order valence-corrected chi connectivity index (χ3v) is 3.43. The van der Waals surface area contributed by atoms with Crippen LogP contribution in [-0.2, 0) is 4.74 Å². The van der Waals surface area contributed by atoms with Gasteiger partial charge in [0.25, 0.3) is 0 Å². The first-order valence-corrected chi connectivity index (χ1v) is 6.59. The number of nitrogens with zero attached hydrogens (tertiary/aromatic N) is 1. The highest BCUT2D eigenvalue weighted by Crippen LogP contribution is 2.18. The summed E-state index contributed by atoms with van der Waals surface area (Å²) in [6.45, 7) is 12.5. The summed E-state index contributed by atoms with van der Waals surface area (Å²) in [5.41, 5.74) is 0. The van der Waals surface area contributed by atoms with Crippen LogP contribution >= 0.6 is 0 Å². The minimum atomic E-state index is 0.429. The maximum atomic E-state index is 5.52. The average Bonchev–Trinajstić information content (AvgIpc) is 2.26. The Balaban J connectivity index is 2.13. The fraction of sp³-hybridized carbons (Fsp3) is 1.00. The molecule has 3 nitrogen and oxygen atoms in total. The Morgan fingerprint density at radius 1 is 1.44 bits per heavy atom. The maximum absolute atomic E-state index is 5.52. The first-order chi connectivity index (χ1) is 7.63. The van der Waals surface area contributed by atoms with Crippen molar-refractivity contribution in [1.82, 2.24) is 10.2 Å². The van der Waals surface area contributed by atoms with E-state index in [1.165, 1.54) is 13.0 Å². The van der Waals surface area contributed by atoms with Crippen molar-refractivity contribution in [3.63, 3.8) is 0 Å². The summed E-state index contributed by atoms with van der Waals surface area (Å²) in [5, 5.41) is 3.49. The summed E-state index contributed by atoms with van der Waals surface area (Å²) in [4.78, 5) is 2.52. The highest BCUT2D eigenvalue weighted by Gasteiger charge is 2.25. The normalized spacial score (nSPS) is 27.6. The Bertz CT molecular complexity index is 185. The van der Waals surface area contributed by atoms with E-state index < -0.39 is 0 Å². The summed E-state index contributed by atoms with van der Waals surface area (Å²) in [6.07, 6.45) is 1.70. The summed E-state index contributed by atoms with van der Waals surface area (Å²) >= 11 is 0. The predicted octanol–water partition coefficient (Wildman–Crippen LogP) is 1.59. The lowest BCUT2D eigenvalue weighted by atomic mass is 9.96. The molecule has 1 aliphatic rings. The maximum Gasteiger partial charge on any atom is 0.0724 e. The van der Waals surface area contributed by atoms with E-state index in [9.17, 15) is 0 Å². The van der Waals surface area contributed by atoms with Crippen molar-refractivity contribution < 1.29 is 4.74 Å². The van der Waals surface area contributed by atoms with Gasteiger partial charge in [-0.25, -0.2) is 0 Å². The van der Waals surface area contributed by atoms with Gasteiger partial charge < -0.3 is 10.1 Å². The molecule has 1 N–H and O–H groups in total. The van der Waals surface area contributed by atoms with Gasteiger partial charge in [0.2, 0.25) is 0 Å². The van der Waals surface area contributed by atoms with E-state index in [0.29, 0.717) is 12.0 Å². The van der Waals surface area contributed by atoms with Crippen molar-refractivity contribution in [2.45, 2.75) is 33.3 Å². The Hall–Kier alpha value is -0.120. The van der Waals surface area contributed by atoms with Crippen LogP contribution in [0.2, 0.25) is 0 Å². The number of rotatable bonds is 6. The fourth-order valence-electron chi connectivity index (χ4n) is 2.24. The summed E-state index contributed by atoms with van der Waals surface area (Å²) in [5.74, 6) is 1.46. The van der Waals surface area contributed by atoms with Crippen LogP contribution in [0.4, 0.5) is 0 Å². The van der Waals surface area contributed by atoms with Gasteiger partial charge in [-0.1, -0.05) is 20.8 Å². The van der Waals surface area contributed by atoms with Gasteiger partial charge in [-0.05, 0) is 31.3 Å². The van der Waals surface area contributed by atoms with Gasteiger partial charge in [0, 0.05) is 26.7 Å². The average molecular weight is 228 g/mol. The zero-order valence-electron chi connectivity index (χ0n) is 11.3. The van der Waals surface area contributed by atoms with Crippen LogP contribution in [0.25, 0.3) is 0 Å². The van der Waals surface area contributed by atoms with Gasteiger partial charge in [-0.15, -0.1) is 0 Å². The molecule has 0 radical (unpaired) electrons. The lowest BCUT2D eigenvalue weighted by Crippen LogP contribution is -2.46. The van der Waals surface area contributed by atoms with Gasteiger partial charge in [-0.3, -0.25) is 4.90 Å². The molecule has 0 aromatic heterocycles. The van der Waals surface area contributed by atoms with Crippen molar-refractivity contribution in [2.75, 3.05) is 39.8 Å². The van der Waals surface area contributed by atoms with E-state index in [-0.39, 0.29) is 0 Å². The molecule has 1 aliphatic heterocycles. The lowest BCUT2D eigenvalue weighted by molar-refractivity contribution is -0.00444. The van der Waals surface area contributed by atoms with Gasteiger partial charge >= 0.3 is 0 Å². The van der Waals surface area contributed by atoms with Gasteiger partial charge in [0.1, 0.15) is 0 Å². The van der Waals surface area contributed by atoms with Gasteiger partial charge in [-0.2, -0.15) is 0 Å². The van der Waals surface area contributed by atoms with Crippen molar-refractivity contribution in [3.8, 4) is 0 Å². The van der Waals surface area contributed by atoms with Crippen LogP contribution in [0.5, 0.6) is 0 Å². The van der Waals surface area contributed by atoms with Crippen LogP contribution in [0.15, 0.2) is 0 Å². The standard InChI is InChI=1S/C13H28N2O/c1-11(2)9-14-6-8-15-7-5-12(3)13(10-15)16-4/h11-14H,5-10H2,1-4H3. The molecule has 0 spiro atoms. The first kappa shape index (κ1) is 13.9. The molecule has 2 atom stereocenters. The van der Waals surface area contributed by atoms with E-state index in [1.807, 2.05) is 7.11 Å². The lowest BCUT2D eigenvalue weighted by Gasteiger charge is -2.36. The van der Waals surface area contributed by atoms with Crippen molar-refractivity contribution in [1.29, 1.82) is 0 Å². The largest absolute Gasteiger partial charge is 0.380 e. The molecule has 1 rings (SSSR count). The molecule has 16 heavy (non-hydrogen) atoms. The smallest absolute Gasteiger partial charge is 0.0724 e. The highest BCUT2D eigenvalue weighted by molar-refractivity contribution is 4.78. The second-order valence-electron chi connectivity index (χ2n) is 5.44. The molecule has 0 amide bonds. The molecular weight excluding hydrogens is 200 g/mol. The van der Waals surface area contributed by atoms with Crippen molar-refractivity contribution in [3.05, 3.63) is 0 Å². The number of hydrogen-bond donors (Lipinski definition) is 1. The number of likely N-dealkylation sites (tertiary alicyclic amines) is 1. The van der Waals surface area contributed by atoms with Crippen LogP contribution in [0.3, 0.4) is 0 Å². The minimum absolute atomic E-state index is 0.429. The number of nitrogens with one attached hydrogen (secondary N) is 1. The first-order valence-electron chi connectivity index (χ1n) is 6.59. The molecule has 2 unspecified atom stereocenters. The third-order valence-electron chi connectivity index (χ3n) is 3.43. The Kier molecular flexibility index (Phi) is 6.32. The minimum Gasteiger partial charge on any atom is -0.380 e. The molecule has 1 heterocycles. The molecule has 0 aliphatic carbocycles. The van der Waals surface area contributed by atoms with E-state index in [1.54, 1.807) is 0 Å². The second-order valence-corrected chi connectivity index (χ2v) is 5.44. The van der Waals surface area contributed by atoms with Gasteiger partial charge in [0.15, 0.2) is 0 Å². The third kappa shape index (κ3) is 4.81. The number of ether oxygens (including phenoxy) is 1. The molecule has 1 saturated heterocycles. The molecule has 0 bridgehead atoms. The van der Waals surface area contributed by atoms with Crippen LogP contribution in [-0.4, -0.2) is 50.8 Å². The molecule has 1 fully saturated rings. The molecular formula is C13H28N2O. The molecule has 96 valence electrons. The number of methoxy groups -OCH3 is 1. The zero-order valence-corrected chi connectivity index (χ0v) is 11.3. The second kappa shape index (κ2) is 7.25. The van der Waals surface area contributed by atoms with Crippen LogP contribution in [0, 0.1) is 11.8 Å². The van der Waals surface area contributed by atoms with Crippen LogP contribution in [0.1, 0.15) is 27.2 Å². The Morgan fingerprint density at radius 3 is 2.81 bits per heavy atom. The van der Waals surface area contributed by atoms with E-state index >= 15 is 0 Å². The van der Waals surface area contributed by atoms with E-state index in [2.05, 4.69) is 31.0 Å². The van der Waals surface area contributed by atoms with E-state index in [0.717, 1.165) is 32.1 Å². The zero-order chi connectivity index (χ0) is 12.0. The molecule has 0 aromatic carbocycles. The van der Waals surface area contributed by atoms with E-state index in [4.69, 9.17) is 4.74 Å². The van der Waals surface area contributed by atoms with Crippen molar-refractivity contribution >= 4 is 0 Å². The molecule has 0 saturated carbocycles. The summed E-state index contributed by atoms with van der Waals surface area (Å²) in [7, 11) is 1.83. The number of piperidine rings is 1. The monoisotopic (exact) mass is 228 g/mol.